The summed E-state index contributed by atoms with van der Waals surface area (Å²) in [4.78, 5) is 32.7. The molecule has 0 saturated carbocycles. The van der Waals surface area contributed by atoms with Crippen molar-refractivity contribution in [3.05, 3.63) is 58.9 Å². The third kappa shape index (κ3) is 2.56. The molecule has 5 rings (SSSR count). The van der Waals surface area contributed by atoms with Gasteiger partial charge in [-0.25, -0.2) is 0 Å². The van der Waals surface area contributed by atoms with Crippen LogP contribution in [-0.4, -0.2) is 33.5 Å². The Kier molecular flexibility index (Phi) is 3.94. The van der Waals surface area contributed by atoms with Crippen molar-refractivity contribution < 1.29 is 9.59 Å². The van der Waals surface area contributed by atoms with E-state index < -0.39 is 6.04 Å². The van der Waals surface area contributed by atoms with Crippen LogP contribution in [0.4, 0.5) is 5.69 Å². The lowest BCUT2D eigenvalue weighted by molar-refractivity contribution is -0.136. The summed E-state index contributed by atoms with van der Waals surface area (Å²) in [5.41, 5.74) is 1.57. The molecule has 2 amide bonds. The van der Waals surface area contributed by atoms with E-state index in [4.69, 9.17) is 0 Å². The summed E-state index contributed by atoms with van der Waals surface area (Å²) in [6, 6.07) is 13.1. The fraction of sp³-hybridized carbons (Fsp3) is 0.250. The molecule has 0 unspecified atom stereocenters. The van der Waals surface area contributed by atoms with Gasteiger partial charge in [0.15, 0.2) is 0 Å². The van der Waals surface area contributed by atoms with Gasteiger partial charge >= 0.3 is 0 Å². The van der Waals surface area contributed by atoms with Gasteiger partial charge in [0.05, 0.1) is 11.2 Å². The number of thioether (sulfide) groups is 1. The van der Waals surface area contributed by atoms with Gasteiger partial charge in [-0.15, -0.1) is 23.1 Å². The van der Waals surface area contributed by atoms with Crippen LogP contribution >= 0.6 is 23.1 Å². The molecule has 0 aliphatic carbocycles. The quantitative estimate of drug-likeness (QED) is 0.732. The Morgan fingerprint density at radius 2 is 2.15 bits per heavy atom. The first-order valence-electron chi connectivity index (χ1n) is 8.84. The number of hydrogen-bond acceptors (Lipinski definition) is 5. The Labute approximate surface area is 164 Å². The summed E-state index contributed by atoms with van der Waals surface area (Å²) in [5.74, 6) is 0.541. The minimum absolute atomic E-state index is 0.0631. The van der Waals surface area contributed by atoms with Gasteiger partial charge in [-0.05, 0) is 42.1 Å². The monoisotopic (exact) mass is 395 g/mol. The third-order valence-corrected chi connectivity index (χ3v) is 7.97. The highest BCUT2D eigenvalue weighted by molar-refractivity contribution is 8.00. The van der Waals surface area contributed by atoms with Crippen LogP contribution in [0.1, 0.15) is 17.7 Å². The van der Waals surface area contributed by atoms with E-state index in [-0.39, 0.29) is 16.7 Å². The lowest BCUT2D eigenvalue weighted by atomic mass is 10.1. The molecule has 136 valence electrons. The molecule has 2 fully saturated rings. The summed E-state index contributed by atoms with van der Waals surface area (Å²) < 4.78 is 0. The minimum atomic E-state index is -0.459. The average Bonchev–Trinajstić information content (AvgIpc) is 3.40. The number of carbonyl (C=O) groups excluding carboxylic acids is 2. The van der Waals surface area contributed by atoms with E-state index in [9.17, 15) is 9.59 Å². The number of pyridine rings is 1. The molecule has 0 bridgehead atoms. The first-order chi connectivity index (χ1) is 13.2. The van der Waals surface area contributed by atoms with E-state index in [1.165, 1.54) is 0 Å². The van der Waals surface area contributed by atoms with Crippen LogP contribution in [-0.2, 0) is 14.5 Å². The number of aromatic nitrogens is 1. The van der Waals surface area contributed by atoms with Crippen LogP contribution in [0.5, 0.6) is 0 Å². The van der Waals surface area contributed by atoms with Crippen LogP contribution < -0.4 is 5.32 Å². The summed E-state index contributed by atoms with van der Waals surface area (Å²) in [7, 11) is 0. The maximum atomic E-state index is 13.1. The smallest absolute Gasteiger partial charge is 0.248 e. The van der Waals surface area contributed by atoms with Gasteiger partial charge in [0, 0.05) is 28.6 Å². The number of fused-ring (bicyclic) bond motifs is 2. The second-order valence-electron chi connectivity index (χ2n) is 6.72. The second-order valence-corrected chi connectivity index (χ2v) is 8.96. The van der Waals surface area contributed by atoms with E-state index in [2.05, 4.69) is 16.4 Å². The zero-order chi connectivity index (χ0) is 18.4. The summed E-state index contributed by atoms with van der Waals surface area (Å²) >= 11 is 3.37. The van der Waals surface area contributed by atoms with Crippen molar-refractivity contribution in [1.29, 1.82) is 0 Å². The van der Waals surface area contributed by atoms with Crippen molar-refractivity contribution in [2.24, 2.45) is 0 Å². The Hall–Kier alpha value is -2.38. The number of rotatable bonds is 3. The van der Waals surface area contributed by atoms with E-state index in [0.29, 0.717) is 12.2 Å². The van der Waals surface area contributed by atoms with Crippen LogP contribution in [0.15, 0.2) is 54.0 Å². The van der Waals surface area contributed by atoms with Crippen molar-refractivity contribution >= 4 is 51.5 Å². The number of carbonyl (C=O) groups is 2. The first-order valence-corrected chi connectivity index (χ1v) is 10.7. The van der Waals surface area contributed by atoms with E-state index >= 15 is 0 Å². The number of hydrogen-bond donors (Lipinski definition) is 1. The van der Waals surface area contributed by atoms with Gasteiger partial charge in [0.2, 0.25) is 11.8 Å². The van der Waals surface area contributed by atoms with E-state index in [1.54, 1.807) is 29.3 Å². The Morgan fingerprint density at radius 3 is 3.00 bits per heavy atom. The predicted molar refractivity (Wildman–Crippen MR) is 109 cm³/mol. The fourth-order valence-electron chi connectivity index (χ4n) is 4.01. The molecule has 2 aliphatic heterocycles. The van der Waals surface area contributed by atoms with E-state index in [1.807, 2.05) is 46.7 Å². The number of thiophene rings is 1. The Bertz CT molecular complexity index is 1030. The van der Waals surface area contributed by atoms with Gasteiger partial charge in [-0.1, -0.05) is 12.1 Å². The largest absolute Gasteiger partial charge is 0.324 e. The van der Waals surface area contributed by atoms with E-state index in [0.717, 1.165) is 27.9 Å². The van der Waals surface area contributed by atoms with Crippen LogP contribution in [0.3, 0.4) is 0 Å². The Balaban J connectivity index is 1.46. The van der Waals surface area contributed by atoms with Gasteiger partial charge in [0.25, 0.3) is 0 Å². The lowest BCUT2D eigenvalue weighted by Crippen LogP contribution is -2.47. The highest BCUT2D eigenvalue weighted by Crippen LogP contribution is 2.55. The van der Waals surface area contributed by atoms with Crippen LogP contribution in [0, 0.1) is 0 Å². The number of anilines is 1. The number of nitrogens with zero attached hydrogens (tertiary/aromatic N) is 2. The molecule has 7 heteroatoms. The van der Waals surface area contributed by atoms with Crippen LogP contribution in [0.2, 0.25) is 0 Å². The molecule has 2 saturated heterocycles. The molecule has 2 aromatic heterocycles. The zero-order valence-corrected chi connectivity index (χ0v) is 16.1. The molecule has 1 N–H and O–H groups in total. The molecule has 5 nitrogen and oxygen atoms in total. The van der Waals surface area contributed by atoms with Crippen molar-refractivity contribution in [3.63, 3.8) is 0 Å². The maximum absolute atomic E-state index is 13.1. The topological polar surface area (TPSA) is 62.3 Å². The molecule has 27 heavy (non-hydrogen) atoms. The number of nitrogens with one attached hydrogen (secondary N) is 1. The molecular formula is C20H17N3O2S2. The normalized spacial score (nSPS) is 24.4. The third-order valence-electron chi connectivity index (χ3n) is 5.24. The highest BCUT2D eigenvalue weighted by atomic mass is 32.2. The minimum Gasteiger partial charge on any atom is -0.324 e. The molecule has 3 aromatic rings. The SMILES string of the molecule is O=C(Nc1cccc2ncccc12)[C@H]1CS[C@]2(c3cccs3)CCC(=O)N12. The molecule has 0 radical (unpaired) electrons. The van der Waals surface area contributed by atoms with Crippen molar-refractivity contribution in [2.45, 2.75) is 23.8 Å². The molecular weight excluding hydrogens is 378 g/mol. The van der Waals surface area contributed by atoms with Gasteiger partial charge in [0.1, 0.15) is 10.9 Å². The van der Waals surface area contributed by atoms with Crippen LogP contribution in [0.25, 0.3) is 10.9 Å². The fourth-order valence-corrected chi connectivity index (χ4v) is 6.74. The molecule has 4 heterocycles. The maximum Gasteiger partial charge on any atom is 0.248 e. The van der Waals surface area contributed by atoms with Gasteiger partial charge in [-0.2, -0.15) is 0 Å². The predicted octanol–water partition coefficient (Wildman–Crippen LogP) is 3.83. The summed E-state index contributed by atoms with van der Waals surface area (Å²) in [5, 5.41) is 5.97. The summed E-state index contributed by atoms with van der Waals surface area (Å²) in [6.45, 7) is 0. The standard InChI is InChI=1S/C20H17N3O2S2/c24-18-8-9-20(17-7-3-11-26-17)23(18)16(12-27-20)19(25)22-15-6-1-5-14-13(15)4-2-10-21-14/h1-7,10-11,16H,8-9,12H2,(H,22,25)/t16-,20+/m1/s1. The average molecular weight is 396 g/mol. The molecule has 2 aliphatic rings. The summed E-state index contributed by atoms with van der Waals surface area (Å²) in [6.07, 6.45) is 2.99. The Morgan fingerprint density at radius 1 is 1.22 bits per heavy atom. The molecule has 2 atom stereocenters. The second kappa shape index (κ2) is 6.35. The van der Waals surface area contributed by atoms with Crippen molar-refractivity contribution in [1.82, 2.24) is 9.88 Å². The van der Waals surface area contributed by atoms with Crippen molar-refractivity contribution in [2.75, 3.05) is 11.1 Å². The number of benzene rings is 1. The number of amides is 2. The molecule has 1 aromatic carbocycles. The molecule has 0 spiro atoms. The van der Waals surface area contributed by atoms with Crippen molar-refractivity contribution in [3.8, 4) is 0 Å². The van der Waals surface area contributed by atoms with Gasteiger partial charge in [-0.3, -0.25) is 14.6 Å². The van der Waals surface area contributed by atoms with Gasteiger partial charge < -0.3 is 10.2 Å². The zero-order valence-electron chi connectivity index (χ0n) is 14.4. The highest BCUT2D eigenvalue weighted by Gasteiger charge is 2.57. The lowest BCUT2D eigenvalue weighted by Gasteiger charge is -2.32. The first kappa shape index (κ1) is 16.8.